The average molecular weight is 214 g/mol. The monoisotopic (exact) mass is 214 g/mol. The van der Waals surface area contributed by atoms with Crippen LogP contribution in [-0.4, -0.2) is 36.5 Å². The van der Waals surface area contributed by atoms with E-state index in [0.717, 1.165) is 0 Å². The van der Waals surface area contributed by atoms with Crippen LogP contribution in [0, 0.1) is 5.41 Å². The molecule has 0 radical (unpaired) electrons. The number of hydrogen-bond acceptors (Lipinski definition) is 5. The first-order valence-corrected chi connectivity index (χ1v) is 5.04. The van der Waals surface area contributed by atoms with Gasteiger partial charge in [-0.1, -0.05) is 6.92 Å². The fraction of sp³-hybridized carbons (Fsp3) is 0.556. The molecule has 4 heterocycles. The van der Waals surface area contributed by atoms with Crippen LogP contribution in [0.15, 0.2) is 18.6 Å². The Morgan fingerprint density at radius 2 is 1.81 bits per heavy atom. The van der Waals surface area contributed by atoms with E-state index in [1.807, 2.05) is 0 Å². The molecular formula is C9H12BLiN2O3. The van der Waals surface area contributed by atoms with Gasteiger partial charge in [0.25, 0.3) is 0 Å². The van der Waals surface area contributed by atoms with Crippen LogP contribution in [0.25, 0.3) is 0 Å². The maximum atomic E-state index is 5.67. The van der Waals surface area contributed by atoms with Crippen molar-refractivity contribution in [2.24, 2.45) is 5.41 Å². The molecule has 0 N–H and O–H groups in total. The predicted molar refractivity (Wildman–Crippen MR) is 53.4 cm³/mol. The molecule has 1 aromatic heterocycles. The largest absolute Gasteiger partial charge is 1.00 e. The number of aromatic nitrogens is 2. The van der Waals surface area contributed by atoms with E-state index in [2.05, 4.69) is 16.9 Å². The van der Waals surface area contributed by atoms with Gasteiger partial charge in [-0.3, -0.25) is 9.97 Å². The first kappa shape index (κ1) is 12.1. The van der Waals surface area contributed by atoms with Gasteiger partial charge in [0.1, 0.15) is 0 Å². The molecule has 0 spiro atoms. The zero-order chi connectivity index (χ0) is 10.4. The minimum Gasteiger partial charge on any atom is -0.539 e. The van der Waals surface area contributed by atoms with E-state index in [4.69, 9.17) is 14.0 Å². The van der Waals surface area contributed by atoms with Crippen molar-refractivity contribution in [2.45, 2.75) is 6.92 Å². The second-order valence-electron chi connectivity index (χ2n) is 4.52. The van der Waals surface area contributed by atoms with Crippen molar-refractivity contribution in [1.82, 2.24) is 9.97 Å². The predicted octanol–water partition coefficient (Wildman–Crippen LogP) is -3.29. The summed E-state index contributed by atoms with van der Waals surface area (Å²) in [5, 5.41) is 0. The van der Waals surface area contributed by atoms with Gasteiger partial charge in [0.2, 0.25) is 0 Å². The molecule has 2 bridgehead atoms. The van der Waals surface area contributed by atoms with Crippen molar-refractivity contribution in [2.75, 3.05) is 19.8 Å². The topological polar surface area (TPSA) is 53.5 Å². The molecule has 0 saturated carbocycles. The van der Waals surface area contributed by atoms with Crippen LogP contribution in [0.4, 0.5) is 0 Å². The van der Waals surface area contributed by atoms with Gasteiger partial charge in [0.05, 0.1) is 0 Å². The molecule has 0 aromatic carbocycles. The van der Waals surface area contributed by atoms with Crippen LogP contribution in [0.2, 0.25) is 0 Å². The Hall–Kier alpha value is -0.378. The summed E-state index contributed by atoms with van der Waals surface area (Å²) in [4.78, 5) is 8.18. The molecule has 80 valence electrons. The number of fused-ring (bicyclic) bond motifs is 3. The normalized spacial score (nSPS) is 36.8. The molecule has 0 amide bonds. The summed E-state index contributed by atoms with van der Waals surface area (Å²) in [7, 11) is 0. The minimum atomic E-state index is -1.82. The van der Waals surface area contributed by atoms with Gasteiger partial charge in [-0.05, 0) is 5.59 Å². The quantitative estimate of drug-likeness (QED) is 0.458. The molecule has 3 fully saturated rings. The fourth-order valence-corrected chi connectivity index (χ4v) is 1.95. The maximum absolute atomic E-state index is 5.67. The van der Waals surface area contributed by atoms with Crippen LogP contribution < -0.4 is 24.5 Å². The molecule has 5 nitrogen and oxygen atoms in total. The van der Waals surface area contributed by atoms with Gasteiger partial charge in [-0.2, -0.15) is 0 Å². The smallest absolute Gasteiger partial charge is 0.539 e. The Balaban J connectivity index is 0.000000963. The molecule has 0 unspecified atom stereocenters. The summed E-state index contributed by atoms with van der Waals surface area (Å²) in [6.45, 7) is 2.23. The third-order valence-electron chi connectivity index (χ3n) is 2.90. The van der Waals surface area contributed by atoms with Gasteiger partial charge < -0.3 is 14.0 Å². The molecule has 0 atom stereocenters. The molecule has 0 aliphatic carbocycles. The summed E-state index contributed by atoms with van der Waals surface area (Å²) < 4.78 is 17.0. The van der Waals surface area contributed by atoms with Crippen LogP contribution in [0.3, 0.4) is 0 Å². The Labute approximate surface area is 106 Å². The Kier molecular flexibility index (Phi) is 3.12. The Morgan fingerprint density at radius 1 is 1.19 bits per heavy atom. The number of nitrogens with zero attached hydrogens (tertiary/aromatic N) is 2. The van der Waals surface area contributed by atoms with Crippen molar-refractivity contribution in [1.29, 1.82) is 0 Å². The zero-order valence-corrected chi connectivity index (χ0v) is 9.55. The Morgan fingerprint density at radius 3 is 2.31 bits per heavy atom. The van der Waals surface area contributed by atoms with E-state index >= 15 is 0 Å². The van der Waals surface area contributed by atoms with Crippen LogP contribution in [-0.2, 0) is 14.0 Å². The van der Waals surface area contributed by atoms with E-state index < -0.39 is 6.75 Å². The zero-order valence-electron chi connectivity index (χ0n) is 9.55. The molecule has 3 aliphatic rings. The molecule has 3 aliphatic heterocycles. The summed E-state index contributed by atoms with van der Waals surface area (Å²) >= 11 is 0. The van der Waals surface area contributed by atoms with E-state index in [0.29, 0.717) is 25.4 Å². The third-order valence-corrected chi connectivity index (χ3v) is 2.90. The van der Waals surface area contributed by atoms with E-state index in [1.54, 1.807) is 18.6 Å². The molecule has 7 heteroatoms. The molecular weight excluding hydrogens is 202 g/mol. The van der Waals surface area contributed by atoms with E-state index in [9.17, 15) is 0 Å². The minimum absolute atomic E-state index is 0. The second kappa shape index (κ2) is 4.13. The third kappa shape index (κ3) is 1.81. The summed E-state index contributed by atoms with van der Waals surface area (Å²) in [6, 6.07) is 0. The molecule has 4 rings (SSSR count). The SMILES string of the molecule is CC12CO[B-](c3cnccn3)(OC1)OC2.[Li+]. The first-order valence-electron chi connectivity index (χ1n) is 5.04. The van der Waals surface area contributed by atoms with Crippen LogP contribution in [0.1, 0.15) is 6.92 Å². The van der Waals surface area contributed by atoms with Crippen LogP contribution in [0.5, 0.6) is 0 Å². The molecule has 1 aromatic rings. The first-order chi connectivity index (χ1) is 7.23. The summed E-state index contributed by atoms with van der Waals surface area (Å²) in [5.74, 6) is 0. The summed E-state index contributed by atoms with van der Waals surface area (Å²) in [6.07, 6.45) is 4.87. The van der Waals surface area contributed by atoms with E-state index in [1.165, 1.54) is 0 Å². The van der Waals surface area contributed by atoms with E-state index in [-0.39, 0.29) is 24.3 Å². The van der Waals surface area contributed by atoms with Gasteiger partial charge in [0, 0.05) is 43.8 Å². The van der Waals surface area contributed by atoms with Crippen molar-refractivity contribution in [3.63, 3.8) is 0 Å². The van der Waals surface area contributed by atoms with Gasteiger partial charge in [-0.15, -0.1) is 0 Å². The number of rotatable bonds is 1. The molecule has 3 saturated heterocycles. The van der Waals surface area contributed by atoms with Gasteiger partial charge >= 0.3 is 25.6 Å². The van der Waals surface area contributed by atoms with Crippen molar-refractivity contribution in [3.05, 3.63) is 18.6 Å². The maximum Gasteiger partial charge on any atom is 1.00 e. The Bertz CT molecular complexity index is 354. The van der Waals surface area contributed by atoms with Crippen molar-refractivity contribution >= 4 is 12.3 Å². The van der Waals surface area contributed by atoms with Crippen molar-refractivity contribution in [3.8, 4) is 0 Å². The fourth-order valence-electron chi connectivity index (χ4n) is 1.95. The molecule has 16 heavy (non-hydrogen) atoms. The summed E-state index contributed by atoms with van der Waals surface area (Å²) in [5.41, 5.74) is 0.630. The van der Waals surface area contributed by atoms with Gasteiger partial charge in [-0.25, -0.2) is 0 Å². The average Bonchev–Trinajstić information content (AvgIpc) is 2.32. The van der Waals surface area contributed by atoms with Gasteiger partial charge in [0.15, 0.2) is 0 Å². The number of hydrogen-bond donors (Lipinski definition) is 0. The second-order valence-corrected chi connectivity index (χ2v) is 4.52. The van der Waals surface area contributed by atoms with Crippen molar-refractivity contribution < 1.29 is 32.8 Å². The van der Waals surface area contributed by atoms with Crippen LogP contribution >= 0.6 is 0 Å². The standard InChI is InChI=1S/C9H12BN2O3.Li/c1-9-5-13-10(14-6-9,15-7-9)8-4-11-2-3-12-8;/h2-4H,5-7H2,1H3;/q-1;+1.